The second-order valence-corrected chi connectivity index (χ2v) is 3.03. The molecule has 0 aliphatic carbocycles. The van der Waals surface area contributed by atoms with Crippen LogP contribution >= 0.6 is 11.8 Å². The molecule has 0 radical (unpaired) electrons. The van der Waals surface area contributed by atoms with E-state index in [0.29, 0.717) is 6.42 Å². The molecule has 0 N–H and O–H groups in total. The molecule has 0 bridgehead atoms. The van der Waals surface area contributed by atoms with Gasteiger partial charge in [-0.1, -0.05) is 0 Å². The molecule has 64 valence electrons. The van der Waals surface area contributed by atoms with Gasteiger partial charge in [-0.05, 0) is 0 Å². The Balaban J connectivity index is 3.16. The Labute approximate surface area is 71.7 Å². The monoisotopic (exact) mass is 175 g/mol. The van der Waals surface area contributed by atoms with Gasteiger partial charge in [0, 0.05) is 32.1 Å². The summed E-state index contributed by atoms with van der Waals surface area (Å²) in [7, 11) is 3.22. The number of ether oxygens (including phenoxy) is 2. The minimum atomic E-state index is -0.140. The first-order valence-corrected chi connectivity index (χ1v) is 4.51. The summed E-state index contributed by atoms with van der Waals surface area (Å²) in [5.41, 5.74) is 0. The van der Waals surface area contributed by atoms with Crippen LogP contribution in [-0.2, 0) is 9.47 Å². The highest BCUT2D eigenvalue weighted by Gasteiger charge is 2.03. The summed E-state index contributed by atoms with van der Waals surface area (Å²) in [4.78, 5) is 0. The number of methoxy groups -OCH3 is 2. The van der Waals surface area contributed by atoms with Crippen molar-refractivity contribution in [1.82, 2.24) is 0 Å². The highest BCUT2D eigenvalue weighted by atomic mass is 32.2. The lowest BCUT2D eigenvalue weighted by Gasteiger charge is -2.11. The van der Waals surface area contributed by atoms with Gasteiger partial charge in [0.2, 0.25) is 0 Å². The largest absolute Gasteiger partial charge is 0.355 e. The van der Waals surface area contributed by atoms with E-state index in [-0.39, 0.29) is 6.29 Å². The summed E-state index contributed by atoms with van der Waals surface area (Å²) in [6, 6.07) is 2.07. The molecule has 0 heterocycles. The number of nitriles is 1. The molecule has 0 atom stereocenters. The molecule has 0 aliphatic rings. The van der Waals surface area contributed by atoms with E-state index in [1.807, 2.05) is 0 Å². The highest BCUT2D eigenvalue weighted by Crippen LogP contribution is 2.06. The number of hydrogen-bond acceptors (Lipinski definition) is 4. The minimum absolute atomic E-state index is 0.140. The fraction of sp³-hybridized carbons (Fsp3) is 0.857. The van der Waals surface area contributed by atoms with Crippen molar-refractivity contribution in [3.63, 3.8) is 0 Å². The van der Waals surface area contributed by atoms with Crippen molar-refractivity contribution in [1.29, 1.82) is 5.26 Å². The summed E-state index contributed by atoms with van der Waals surface area (Å²) >= 11 is 1.66. The van der Waals surface area contributed by atoms with Crippen molar-refractivity contribution < 1.29 is 9.47 Å². The molecule has 0 aromatic carbocycles. The van der Waals surface area contributed by atoms with Crippen molar-refractivity contribution >= 4 is 11.8 Å². The predicted octanol–water partition coefficient (Wildman–Crippen LogP) is 1.25. The molecule has 0 aromatic heterocycles. The lowest BCUT2D eigenvalue weighted by Crippen LogP contribution is -2.15. The van der Waals surface area contributed by atoms with Crippen LogP contribution in [0, 0.1) is 11.3 Å². The molecule has 0 aliphatic heterocycles. The number of hydrogen-bond donors (Lipinski definition) is 0. The Morgan fingerprint density at radius 3 is 2.55 bits per heavy atom. The zero-order chi connectivity index (χ0) is 8.53. The molecule has 0 aromatic rings. The van der Waals surface area contributed by atoms with E-state index in [1.165, 1.54) is 0 Å². The van der Waals surface area contributed by atoms with Gasteiger partial charge in [0.15, 0.2) is 6.29 Å². The SMILES string of the molecule is COC(CSCCC#N)OC. The number of rotatable bonds is 6. The van der Waals surface area contributed by atoms with Crippen molar-refractivity contribution in [3.8, 4) is 6.07 Å². The van der Waals surface area contributed by atoms with E-state index in [2.05, 4.69) is 6.07 Å². The Kier molecular flexibility index (Phi) is 7.69. The zero-order valence-electron chi connectivity index (χ0n) is 6.87. The normalized spacial score (nSPS) is 10.0. The van der Waals surface area contributed by atoms with Gasteiger partial charge in [0.1, 0.15) is 0 Å². The van der Waals surface area contributed by atoms with E-state index in [9.17, 15) is 0 Å². The third-order valence-corrected chi connectivity index (χ3v) is 2.14. The van der Waals surface area contributed by atoms with Gasteiger partial charge in [-0.25, -0.2) is 0 Å². The maximum absolute atomic E-state index is 8.22. The second-order valence-electron chi connectivity index (χ2n) is 1.88. The minimum Gasteiger partial charge on any atom is -0.355 e. The summed E-state index contributed by atoms with van der Waals surface area (Å²) in [5, 5.41) is 8.22. The van der Waals surface area contributed by atoms with Gasteiger partial charge in [-0.15, -0.1) is 0 Å². The molecular formula is C7H13NO2S. The molecule has 0 rings (SSSR count). The molecule has 4 heteroatoms. The van der Waals surface area contributed by atoms with E-state index in [1.54, 1.807) is 26.0 Å². The molecule has 0 saturated carbocycles. The fourth-order valence-electron chi connectivity index (χ4n) is 0.530. The number of nitrogens with zero attached hydrogens (tertiary/aromatic N) is 1. The fourth-order valence-corrected chi connectivity index (χ4v) is 1.40. The van der Waals surface area contributed by atoms with Crippen molar-refractivity contribution in [2.45, 2.75) is 12.7 Å². The summed E-state index contributed by atoms with van der Waals surface area (Å²) in [6.07, 6.45) is 0.448. The van der Waals surface area contributed by atoms with Crippen molar-refractivity contribution in [2.24, 2.45) is 0 Å². The lowest BCUT2D eigenvalue weighted by molar-refractivity contribution is -0.0842. The maximum Gasteiger partial charge on any atom is 0.165 e. The van der Waals surface area contributed by atoms with Gasteiger partial charge in [0.05, 0.1) is 6.07 Å². The smallest absolute Gasteiger partial charge is 0.165 e. The average molecular weight is 175 g/mol. The van der Waals surface area contributed by atoms with Crippen molar-refractivity contribution in [3.05, 3.63) is 0 Å². The first kappa shape index (κ1) is 10.8. The van der Waals surface area contributed by atoms with E-state index in [4.69, 9.17) is 14.7 Å². The maximum atomic E-state index is 8.22. The first-order valence-electron chi connectivity index (χ1n) is 3.35. The quantitative estimate of drug-likeness (QED) is 0.450. The van der Waals surface area contributed by atoms with Crippen LogP contribution in [0.25, 0.3) is 0 Å². The number of thioether (sulfide) groups is 1. The van der Waals surface area contributed by atoms with Crippen molar-refractivity contribution in [2.75, 3.05) is 25.7 Å². The Morgan fingerprint density at radius 2 is 2.09 bits per heavy atom. The van der Waals surface area contributed by atoms with E-state index >= 15 is 0 Å². The first-order chi connectivity index (χ1) is 5.35. The molecule has 3 nitrogen and oxygen atoms in total. The van der Waals surface area contributed by atoms with Crippen LogP contribution in [0.2, 0.25) is 0 Å². The van der Waals surface area contributed by atoms with Gasteiger partial charge in [-0.3, -0.25) is 0 Å². The Bertz CT molecular complexity index is 120. The lowest BCUT2D eigenvalue weighted by atomic mass is 10.6. The highest BCUT2D eigenvalue weighted by molar-refractivity contribution is 7.99. The van der Waals surface area contributed by atoms with Gasteiger partial charge in [-0.2, -0.15) is 17.0 Å². The topological polar surface area (TPSA) is 42.2 Å². The third kappa shape index (κ3) is 6.17. The summed E-state index contributed by atoms with van der Waals surface area (Å²) in [5.74, 6) is 1.63. The van der Waals surface area contributed by atoms with Crippen LogP contribution in [0.15, 0.2) is 0 Å². The van der Waals surface area contributed by atoms with Crippen LogP contribution in [0.3, 0.4) is 0 Å². The molecule has 0 saturated heterocycles. The molecular weight excluding hydrogens is 162 g/mol. The van der Waals surface area contributed by atoms with Gasteiger partial charge in [0.25, 0.3) is 0 Å². The van der Waals surface area contributed by atoms with Crippen LogP contribution in [0.1, 0.15) is 6.42 Å². The van der Waals surface area contributed by atoms with E-state index in [0.717, 1.165) is 11.5 Å². The molecule has 0 unspecified atom stereocenters. The van der Waals surface area contributed by atoms with Crippen LogP contribution < -0.4 is 0 Å². The average Bonchev–Trinajstić information content (AvgIpc) is 2.05. The van der Waals surface area contributed by atoms with Gasteiger partial charge >= 0.3 is 0 Å². The second kappa shape index (κ2) is 7.86. The van der Waals surface area contributed by atoms with E-state index < -0.39 is 0 Å². The van der Waals surface area contributed by atoms with Crippen LogP contribution in [-0.4, -0.2) is 32.0 Å². The molecule has 0 spiro atoms. The summed E-state index contributed by atoms with van der Waals surface area (Å²) < 4.78 is 9.91. The molecule has 0 amide bonds. The van der Waals surface area contributed by atoms with Crippen LogP contribution in [0.4, 0.5) is 0 Å². The Hall–Kier alpha value is -0.240. The third-order valence-electron chi connectivity index (χ3n) is 1.14. The predicted molar refractivity (Wildman–Crippen MR) is 45.4 cm³/mol. The zero-order valence-corrected chi connectivity index (χ0v) is 7.69. The van der Waals surface area contributed by atoms with Gasteiger partial charge < -0.3 is 9.47 Å². The Morgan fingerprint density at radius 1 is 1.45 bits per heavy atom. The summed E-state index contributed by atoms with van der Waals surface area (Å²) in [6.45, 7) is 0. The standard InChI is InChI=1S/C7H13NO2S/c1-9-7(10-2)6-11-5-3-4-8/h7H,3,5-6H2,1-2H3. The van der Waals surface area contributed by atoms with Crippen LogP contribution in [0.5, 0.6) is 0 Å². The molecule has 11 heavy (non-hydrogen) atoms. The molecule has 0 fully saturated rings.